The first kappa shape index (κ1) is 16.1. The molecule has 1 aromatic carbocycles. The van der Waals surface area contributed by atoms with E-state index in [1.54, 1.807) is 0 Å². The minimum absolute atomic E-state index is 0.783. The Balaban J connectivity index is 1.39. The van der Waals surface area contributed by atoms with Gasteiger partial charge in [0.05, 0.1) is 18.0 Å². The number of benzene rings is 1. The molecule has 0 aliphatic carbocycles. The Kier molecular flexibility index (Phi) is 4.13. The van der Waals surface area contributed by atoms with Crippen LogP contribution in [0.1, 0.15) is 5.56 Å². The molecule has 0 spiro atoms. The van der Waals surface area contributed by atoms with Gasteiger partial charge in [-0.2, -0.15) is 0 Å². The molecule has 5 nitrogen and oxygen atoms in total. The van der Waals surface area contributed by atoms with Crippen molar-refractivity contribution in [3.05, 3.63) is 66.6 Å². The van der Waals surface area contributed by atoms with E-state index in [2.05, 4.69) is 51.2 Å². The van der Waals surface area contributed by atoms with Crippen molar-refractivity contribution in [2.24, 2.45) is 0 Å². The van der Waals surface area contributed by atoms with E-state index in [0.717, 1.165) is 50.7 Å². The Labute approximate surface area is 159 Å². The molecular formula is C22H22N4O. The van der Waals surface area contributed by atoms with E-state index in [9.17, 15) is 0 Å². The first-order valence-electron chi connectivity index (χ1n) is 9.49. The molecular weight excluding hydrogens is 336 g/mol. The molecule has 136 valence electrons. The lowest BCUT2D eigenvalue weighted by Gasteiger charge is -2.37. The van der Waals surface area contributed by atoms with Gasteiger partial charge in [-0.1, -0.05) is 0 Å². The summed E-state index contributed by atoms with van der Waals surface area (Å²) in [5, 5.41) is 0. The summed E-state index contributed by atoms with van der Waals surface area (Å²) in [6.07, 6.45) is 6.59. The normalized spacial score (nSPS) is 16.1. The molecule has 5 rings (SSSR count). The standard InChI is InChI=1S/C22H22N4O/c1-2-20(26-13-11-25(12-14-26)19-5-9-23-10-6-19)22(24-8-1)18-3-4-21-17(16-18)7-15-27-21/h1-6,8-10,16H,7,11-15H2. The van der Waals surface area contributed by atoms with Crippen LogP contribution in [0.25, 0.3) is 11.3 Å². The molecule has 0 bridgehead atoms. The third-order valence-corrected chi connectivity index (χ3v) is 5.40. The zero-order valence-corrected chi connectivity index (χ0v) is 15.2. The van der Waals surface area contributed by atoms with Gasteiger partial charge < -0.3 is 14.5 Å². The van der Waals surface area contributed by atoms with E-state index in [1.165, 1.54) is 22.5 Å². The van der Waals surface area contributed by atoms with Crippen LogP contribution in [0.4, 0.5) is 11.4 Å². The van der Waals surface area contributed by atoms with Crippen LogP contribution in [-0.4, -0.2) is 42.8 Å². The average molecular weight is 358 g/mol. The lowest BCUT2D eigenvalue weighted by atomic mass is 10.0. The first-order chi connectivity index (χ1) is 13.4. The summed E-state index contributed by atoms with van der Waals surface area (Å²) in [4.78, 5) is 13.7. The van der Waals surface area contributed by atoms with Crippen molar-refractivity contribution < 1.29 is 4.74 Å². The van der Waals surface area contributed by atoms with Gasteiger partial charge >= 0.3 is 0 Å². The summed E-state index contributed by atoms with van der Waals surface area (Å²) in [5.41, 5.74) is 5.98. The lowest BCUT2D eigenvalue weighted by Crippen LogP contribution is -2.46. The first-order valence-corrected chi connectivity index (χ1v) is 9.49. The third kappa shape index (κ3) is 3.10. The number of fused-ring (bicyclic) bond motifs is 1. The Morgan fingerprint density at radius 2 is 1.67 bits per heavy atom. The van der Waals surface area contributed by atoms with E-state index in [4.69, 9.17) is 9.72 Å². The molecule has 1 fully saturated rings. The summed E-state index contributed by atoms with van der Waals surface area (Å²) < 4.78 is 5.65. The summed E-state index contributed by atoms with van der Waals surface area (Å²) in [5.74, 6) is 1.02. The second-order valence-corrected chi connectivity index (χ2v) is 6.97. The van der Waals surface area contributed by atoms with Crippen LogP contribution in [0, 0.1) is 0 Å². The third-order valence-electron chi connectivity index (χ3n) is 5.40. The van der Waals surface area contributed by atoms with Gasteiger partial charge in [-0.3, -0.25) is 9.97 Å². The number of hydrogen-bond donors (Lipinski definition) is 0. The molecule has 27 heavy (non-hydrogen) atoms. The van der Waals surface area contributed by atoms with Crippen molar-refractivity contribution in [3.63, 3.8) is 0 Å². The van der Waals surface area contributed by atoms with E-state index in [1.807, 2.05) is 24.7 Å². The van der Waals surface area contributed by atoms with E-state index >= 15 is 0 Å². The van der Waals surface area contributed by atoms with Crippen LogP contribution in [0.3, 0.4) is 0 Å². The monoisotopic (exact) mass is 358 g/mol. The molecule has 0 unspecified atom stereocenters. The van der Waals surface area contributed by atoms with Gasteiger partial charge in [0.2, 0.25) is 0 Å². The maximum atomic E-state index is 5.65. The molecule has 3 aromatic rings. The van der Waals surface area contributed by atoms with Crippen LogP contribution in [-0.2, 0) is 6.42 Å². The fourth-order valence-electron chi connectivity index (χ4n) is 3.97. The van der Waals surface area contributed by atoms with E-state index in [-0.39, 0.29) is 0 Å². The van der Waals surface area contributed by atoms with Gasteiger partial charge in [0.1, 0.15) is 5.75 Å². The van der Waals surface area contributed by atoms with Crippen LogP contribution < -0.4 is 14.5 Å². The summed E-state index contributed by atoms with van der Waals surface area (Å²) in [7, 11) is 0. The van der Waals surface area contributed by atoms with Crippen molar-refractivity contribution in [3.8, 4) is 17.0 Å². The van der Waals surface area contributed by atoms with Gasteiger partial charge in [-0.25, -0.2) is 0 Å². The van der Waals surface area contributed by atoms with Gasteiger partial charge in [-0.05, 0) is 48.0 Å². The predicted molar refractivity (Wildman–Crippen MR) is 108 cm³/mol. The number of pyridine rings is 2. The smallest absolute Gasteiger partial charge is 0.122 e. The van der Waals surface area contributed by atoms with Crippen molar-refractivity contribution in [2.75, 3.05) is 42.6 Å². The van der Waals surface area contributed by atoms with Crippen molar-refractivity contribution >= 4 is 11.4 Å². The molecule has 2 aliphatic rings. The Morgan fingerprint density at radius 3 is 2.52 bits per heavy atom. The minimum Gasteiger partial charge on any atom is -0.493 e. The number of ether oxygens (including phenoxy) is 1. The van der Waals surface area contributed by atoms with Gasteiger partial charge in [0.15, 0.2) is 0 Å². The highest BCUT2D eigenvalue weighted by Gasteiger charge is 2.21. The SMILES string of the molecule is c1cnc(-c2ccc3c(c2)CCO3)c(N2CCN(c3ccncc3)CC2)c1. The van der Waals surface area contributed by atoms with Gasteiger partial charge in [0.25, 0.3) is 0 Å². The van der Waals surface area contributed by atoms with Crippen LogP contribution >= 0.6 is 0 Å². The van der Waals surface area contributed by atoms with Gasteiger partial charge in [0, 0.05) is 62.4 Å². The number of hydrogen-bond acceptors (Lipinski definition) is 5. The second kappa shape index (κ2) is 6.91. The van der Waals surface area contributed by atoms with Crippen LogP contribution in [0.15, 0.2) is 61.1 Å². The molecule has 0 N–H and O–H groups in total. The number of nitrogens with zero attached hydrogens (tertiary/aromatic N) is 4. The number of anilines is 2. The fourth-order valence-corrected chi connectivity index (χ4v) is 3.97. The zero-order valence-electron chi connectivity index (χ0n) is 15.2. The average Bonchev–Trinajstić information content (AvgIpc) is 3.22. The maximum absolute atomic E-state index is 5.65. The molecule has 0 atom stereocenters. The van der Waals surface area contributed by atoms with E-state index < -0.39 is 0 Å². The summed E-state index contributed by atoms with van der Waals surface area (Å²) in [6.45, 7) is 4.74. The number of aromatic nitrogens is 2. The molecule has 0 saturated carbocycles. The molecule has 2 aliphatic heterocycles. The number of rotatable bonds is 3. The highest BCUT2D eigenvalue weighted by Crippen LogP contribution is 2.34. The summed E-state index contributed by atoms with van der Waals surface area (Å²) >= 11 is 0. The number of piperazine rings is 1. The largest absolute Gasteiger partial charge is 0.493 e. The Bertz CT molecular complexity index is 936. The Hall–Kier alpha value is -3.08. The van der Waals surface area contributed by atoms with Crippen molar-refractivity contribution in [1.29, 1.82) is 0 Å². The highest BCUT2D eigenvalue weighted by atomic mass is 16.5. The minimum atomic E-state index is 0.783. The Morgan fingerprint density at radius 1 is 0.852 bits per heavy atom. The second-order valence-electron chi connectivity index (χ2n) is 6.97. The fraction of sp³-hybridized carbons (Fsp3) is 0.273. The maximum Gasteiger partial charge on any atom is 0.122 e. The quantitative estimate of drug-likeness (QED) is 0.718. The topological polar surface area (TPSA) is 41.5 Å². The van der Waals surface area contributed by atoms with Crippen LogP contribution in [0.5, 0.6) is 5.75 Å². The predicted octanol–water partition coefficient (Wildman–Crippen LogP) is 3.41. The molecule has 4 heterocycles. The van der Waals surface area contributed by atoms with Crippen molar-refractivity contribution in [2.45, 2.75) is 6.42 Å². The molecule has 5 heteroatoms. The molecule has 0 radical (unpaired) electrons. The van der Waals surface area contributed by atoms with Gasteiger partial charge in [-0.15, -0.1) is 0 Å². The van der Waals surface area contributed by atoms with E-state index in [0.29, 0.717) is 0 Å². The molecule has 2 aromatic heterocycles. The molecule has 1 saturated heterocycles. The summed E-state index contributed by atoms with van der Waals surface area (Å²) in [6, 6.07) is 14.8. The zero-order chi connectivity index (χ0) is 18.1. The van der Waals surface area contributed by atoms with Crippen LogP contribution in [0.2, 0.25) is 0 Å². The molecule has 0 amide bonds. The highest BCUT2D eigenvalue weighted by molar-refractivity contribution is 5.76. The lowest BCUT2D eigenvalue weighted by molar-refractivity contribution is 0.357. The van der Waals surface area contributed by atoms with Crippen molar-refractivity contribution in [1.82, 2.24) is 9.97 Å².